The van der Waals surface area contributed by atoms with Crippen LogP contribution < -0.4 is 14.8 Å². The molecule has 0 radical (unpaired) electrons. The molecular weight excluding hydrogens is 521 g/mol. The molecule has 2 aliphatic rings. The lowest BCUT2D eigenvalue weighted by Gasteiger charge is -2.40. The Morgan fingerprint density at radius 2 is 1.75 bits per heavy atom. The second kappa shape index (κ2) is 12.5. The molecule has 180 valence electrons. The average molecular weight is 559 g/mol. The highest BCUT2D eigenvalue weighted by Gasteiger charge is 2.35. The molecule has 1 aromatic rings. The van der Waals surface area contributed by atoms with E-state index >= 15 is 0 Å². The molecule has 0 unspecified atom stereocenters. The first-order valence-electron chi connectivity index (χ1n) is 11.3. The summed E-state index contributed by atoms with van der Waals surface area (Å²) >= 11 is 0. The molecule has 1 N–H and O–H groups in total. The first-order chi connectivity index (χ1) is 15.1. The molecule has 1 heterocycles. The molecule has 1 aromatic carbocycles. The molecule has 3 rings (SSSR count). The van der Waals surface area contributed by atoms with Crippen molar-refractivity contribution in [3.05, 3.63) is 23.8 Å². The van der Waals surface area contributed by atoms with Crippen molar-refractivity contribution in [2.75, 3.05) is 48.0 Å². The summed E-state index contributed by atoms with van der Waals surface area (Å²) in [4.78, 5) is 18.6. The highest BCUT2D eigenvalue weighted by atomic mass is 127. The van der Waals surface area contributed by atoms with Crippen LogP contribution in [0.5, 0.6) is 11.5 Å². The third-order valence-electron chi connectivity index (χ3n) is 6.93. The summed E-state index contributed by atoms with van der Waals surface area (Å²) in [5.74, 6) is 2.34. The predicted octanol–water partition coefficient (Wildman–Crippen LogP) is 3.98. The van der Waals surface area contributed by atoms with Crippen LogP contribution in [0.15, 0.2) is 23.2 Å². The molecule has 0 atom stereocenters. The van der Waals surface area contributed by atoms with E-state index < -0.39 is 0 Å². The minimum Gasteiger partial charge on any atom is -0.493 e. The molecule has 0 aromatic heterocycles. The smallest absolute Gasteiger partial charge is 0.308 e. The van der Waals surface area contributed by atoms with E-state index in [9.17, 15) is 4.79 Å². The molecule has 0 amide bonds. The number of piperidine rings is 1. The molecule has 32 heavy (non-hydrogen) atoms. The fraction of sp³-hybridized carbons (Fsp3) is 0.667. The number of halogens is 1. The molecule has 0 bridgehead atoms. The minimum atomic E-state index is -0.0998. The maximum absolute atomic E-state index is 11.8. The second-order valence-electron chi connectivity index (χ2n) is 8.60. The van der Waals surface area contributed by atoms with E-state index in [2.05, 4.69) is 27.3 Å². The first-order valence-corrected chi connectivity index (χ1v) is 11.3. The molecule has 1 saturated carbocycles. The number of carbonyl (C=O) groups is 1. The summed E-state index contributed by atoms with van der Waals surface area (Å²) in [5, 5.41) is 3.66. The number of guanidine groups is 1. The van der Waals surface area contributed by atoms with Crippen molar-refractivity contribution in [3.63, 3.8) is 0 Å². The Morgan fingerprint density at radius 3 is 2.31 bits per heavy atom. The number of nitrogens with one attached hydrogen (secondary N) is 1. The summed E-state index contributed by atoms with van der Waals surface area (Å²) < 4.78 is 15.9. The Kier molecular flexibility index (Phi) is 10.4. The number of nitrogens with zero attached hydrogens (tertiary/aromatic N) is 2. The molecule has 1 aliphatic carbocycles. The lowest BCUT2D eigenvalue weighted by Crippen LogP contribution is -2.50. The van der Waals surface area contributed by atoms with Gasteiger partial charge in [0.05, 0.1) is 27.2 Å². The lowest BCUT2D eigenvalue weighted by molar-refractivity contribution is -0.146. The third kappa shape index (κ3) is 5.99. The van der Waals surface area contributed by atoms with Crippen molar-refractivity contribution in [1.82, 2.24) is 10.2 Å². The van der Waals surface area contributed by atoms with E-state index in [1.165, 1.54) is 31.9 Å². The van der Waals surface area contributed by atoms with Crippen LogP contribution in [0.2, 0.25) is 0 Å². The van der Waals surface area contributed by atoms with Crippen LogP contribution in [0.4, 0.5) is 0 Å². The summed E-state index contributed by atoms with van der Waals surface area (Å²) in [7, 11) is 6.65. The monoisotopic (exact) mass is 559 g/mol. The third-order valence-corrected chi connectivity index (χ3v) is 6.93. The highest BCUT2D eigenvalue weighted by molar-refractivity contribution is 14.0. The van der Waals surface area contributed by atoms with Gasteiger partial charge >= 0.3 is 5.97 Å². The van der Waals surface area contributed by atoms with Crippen LogP contribution in [0, 0.1) is 5.92 Å². The van der Waals surface area contributed by atoms with Crippen LogP contribution in [-0.2, 0) is 14.9 Å². The van der Waals surface area contributed by atoms with Gasteiger partial charge in [0.25, 0.3) is 0 Å². The second-order valence-corrected chi connectivity index (χ2v) is 8.60. The van der Waals surface area contributed by atoms with Gasteiger partial charge in [-0.25, -0.2) is 0 Å². The van der Waals surface area contributed by atoms with Crippen LogP contribution in [-0.4, -0.2) is 64.8 Å². The first kappa shape index (κ1) is 26.5. The van der Waals surface area contributed by atoms with Crippen molar-refractivity contribution in [3.8, 4) is 11.5 Å². The van der Waals surface area contributed by atoms with Crippen molar-refractivity contribution in [2.45, 2.75) is 50.4 Å². The van der Waals surface area contributed by atoms with Crippen LogP contribution in [0.3, 0.4) is 0 Å². The largest absolute Gasteiger partial charge is 0.493 e. The van der Waals surface area contributed by atoms with Gasteiger partial charge < -0.3 is 24.4 Å². The number of ether oxygens (including phenoxy) is 3. The summed E-state index contributed by atoms with van der Waals surface area (Å²) in [6, 6.07) is 6.33. The van der Waals surface area contributed by atoms with E-state index in [1.54, 1.807) is 14.2 Å². The zero-order valence-electron chi connectivity index (χ0n) is 19.8. The van der Waals surface area contributed by atoms with Gasteiger partial charge in [0.2, 0.25) is 0 Å². The van der Waals surface area contributed by atoms with Crippen LogP contribution in [0.25, 0.3) is 0 Å². The Balaban J connectivity index is 0.00000363. The number of methoxy groups -OCH3 is 3. The van der Waals surface area contributed by atoms with Crippen molar-refractivity contribution in [2.24, 2.45) is 10.9 Å². The average Bonchev–Trinajstić information content (AvgIpc) is 2.84. The summed E-state index contributed by atoms with van der Waals surface area (Å²) in [6.45, 7) is 2.44. The highest BCUT2D eigenvalue weighted by Crippen LogP contribution is 2.42. The number of likely N-dealkylation sites (tertiary alicyclic amines) is 1. The van der Waals surface area contributed by atoms with E-state index in [-0.39, 0.29) is 41.3 Å². The number of rotatable bonds is 6. The van der Waals surface area contributed by atoms with Crippen molar-refractivity contribution >= 4 is 35.9 Å². The Morgan fingerprint density at radius 1 is 1.09 bits per heavy atom. The fourth-order valence-electron chi connectivity index (χ4n) is 5.04. The minimum absolute atomic E-state index is 0. The Labute approximate surface area is 209 Å². The molecule has 8 heteroatoms. The Hall–Kier alpha value is -1.71. The van der Waals surface area contributed by atoms with Gasteiger partial charge in [-0.15, -0.1) is 24.0 Å². The van der Waals surface area contributed by atoms with Gasteiger partial charge in [-0.2, -0.15) is 0 Å². The van der Waals surface area contributed by atoms with E-state index in [0.717, 1.165) is 62.8 Å². The van der Waals surface area contributed by atoms with Gasteiger partial charge in [-0.1, -0.05) is 25.3 Å². The topological polar surface area (TPSA) is 72.4 Å². The molecular formula is C24H38IN3O4. The van der Waals surface area contributed by atoms with Gasteiger partial charge in [-0.05, 0) is 43.4 Å². The van der Waals surface area contributed by atoms with Crippen LogP contribution >= 0.6 is 24.0 Å². The molecule has 1 aliphatic heterocycles. The van der Waals surface area contributed by atoms with Crippen LogP contribution in [0.1, 0.15) is 50.5 Å². The van der Waals surface area contributed by atoms with E-state index in [1.807, 2.05) is 13.1 Å². The van der Waals surface area contributed by atoms with Gasteiger partial charge in [-0.3, -0.25) is 9.79 Å². The summed E-state index contributed by atoms with van der Waals surface area (Å²) in [6.07, 6.45) is 7.60. The Bertz CT molecular complexity index is 773. The van der Waals surface area contributed by atoms with E-state index in [0.29, 0.717) is 0 Å². The van der Waals surface area contributed by atoms with Gasteiger partial charge in [0.15, 0.2) is 17.5 Å². The number of aliphatic imine (C=N–C) groups is 1. The predicted molar refractivity (Wildman–Crippen MR) is 137 cm³/mol. The summed E-state index contributed by atoms with van der Waals surface area (Å²) in [5.41, 5.74) is 1.33. The fourth-order valence-corrected chi connectivity index (χ4v) is 5.04. The maximum Gasteiger partial charge on any atom is 0.308 e. The van der Waals surface area contributed by atoms with Gasteiger partial charge in [0.1, 0.15) is 0 Å². The molecule has 1 saturated heterocycles. The number of benzene rings is 1. The van der Waals surface area contributed by atoms with E-state index in [4.69, 9.17) is 14.2 Å². The molecule has 2 fully saturated rings. The lowest BCUT2D eigenvalue weighted by atomic mass is 9.69. The molecule has 7 nitrogen and oxygen atoms in total. The normalized spacial score (nSPS) is 19.0. The number of hydrogen-bond acceptors (Lipinski definition) is 5. The number of hydrogen-bond donors (Lipinski definition) is 1. The maximum atomic E-state index is 11.8. The zero-order chi connectivity index (χ0) is 22.3. The standard InChI is InChI=1S/C24H37N3O4.HI/c1-25-23(27-14-10-18(11-15-27)22(28)31-4)26-17-24(12-6-5-7-13-24)19-8-9-20(29-2)21(16-19)30-3;/h8-9,16,18H,5-7,10-15,17H2,1-4H3,(H,25,26);1H. The number of carbonyl (C=O) groups excluding carboxylic acids is 1. The zero-order valence-corrected chi connectivity index (χ0v) is 22.1. The SMILES string of the molecule is CN=C(NCC1(c2ccc(OC)c(OC)c2)CCCCC1)N1CCC(C(=O)OC)CC1.I. The van der Waals surface area contributed by atoms with Gasteiger partial charge in [0, 0.05) is 32.1 Å². The van der Waals surface area contributed by atoms with Crippen molar-refractivity contribution < 1.29 is 19.0 Å². The molecule has 0 spiro atoms. The van der Waals surface area contributed by atoms with Crippen molar-refractivity contribution in [1.29, 1.82) is 0 Å². The quantitative estimate of drug-likeness (QED) is 0.246. The number of esters is 1.